The Morgan fingerprint density at radius 3 is 2.86 bits per heavy atom. The fourth-order valence-corrected chi connectivity index (χ4v) is 2.90. The van der Waals surface area contributed by atoms with Crippen molar-refractivity contribution in [3.63, 3.8) is 0 Å². The zero-order valence-electron chi connectivity index (χ0n) is 15.9. The second kappa shape index (κ2) is 9.67. The van der Waals surface area contributed by atoms with Crippen LogP contribution >= 0.6 is 0 Å². The summed E-state index contributed by atoms with van der Waals surface area (Å²) in [6.07, 6.45) is 5.22. The number of nitrogens with one attached hydrogen (secondary N) is 1. The summed E-state index contributed by atoms with van der Waals surface area (Å²) in [5.41, 5.74) is 1.78. The third-order valence-electron chi connectivity index (χ3n) is 4.47. The summed E-state index contributed by atoms with van der Waals surface area (Å²) >= 11 is 0. The highest BCUT2D eigenvalue weighted by Crippen LogP contribution is 2.15. The number of morpholine rings is 1. The fraction of sp³-hybridized carbons (Fsp3) is 0.318. The SMILES string of the molecule is C#Cc1cccc(OCC2CN(C(=O)NCc3ccc(OC)cc3)CCO2)c1. The number of urea groups is 1. The standard InChI is InChI=1S/C22H24N2O4/c1-3-17-5-4-6-20(13-17)28-16-21-15-24(11-12-27-21)22(25)23-14-18-7-9-19(26-2)10-8-18/h1,4-10,13,21H,11-12,14-16H2,2H3,(H,23,25). The van der Waals surface area contributed by atoms with Gasteiger partial charge in [0.25, 0.3) is 0 Å². The molecule has 2 aromatic rings. The second-order valence-corrected chi connectivity index (χ2v) is 6.43. The van der Waals surface area contributed by atoms with E-state index in [4.69, 9.17) is 20.6 Å². The van der Waals surface area contributed by atoms with Crippen LogP contribution in [-0.2, 0) is 11.3 Å². The number of ether oxygens (including phenoxy) is 3. The molecule has 6 heteroatoms. The third kappa shape index (κ3) is 5.41. The molecular weight excluding hydrogens is 356 g/mol. The van der Waals surface area contributed by atoms with Crippen molar-refractivity contribution in [3.05, 3.63) is 59.7 Å². The molecule has 6 nitrogen and oxygen atoms in total. The Morgan fingerprint density at radius 2 is 2.11 bits per heavy atom. The van der Waals surface area contributed by atoms with Crippen molar-refractivity contribution in [2.45, 2.75) is 12.6 Å². The van der Waals surface area contributed by atoms with Crippen molar-refractivity contribution < 1.29 is 19.0 Å². The topological polar surface area (TPSA) is 60.0 Å². The van der Waals surface area contributed by atoms with Crippen molar-refractivity contribution in [2.75, 3.05) is 33.4 Å². The number of amides is 2. The van der Waals surface area contributed by atoms with E-state index in [-0.39, 0.29) is 12.1 Å². The summed E-state index contributed by atoms with van der Waals surface area (Å²) in [7, 11) is 1.63. The van der Waals surface area contributed by atoms with Crippen LogP contribution in [0.4, 0.5) is 4.79 Å². The van der Waals surface area contributed by atoms with Crippen LogP contribution in [0.5, 0.6) is 11.5 Å². The minimum Gasteiger partial charge on any atom is -0.497 e. The lowest BCUT2D eigenvalue weighted by atomic mass is 10.2. The van der Waals surface area contributed by atoms with E-state index in [1.54, 1.807) is 12.0 Å². The van der Waals surface area contributed by atoms with E-state index in [1.165, 1.54) is 0 Å². The summed E-state index contributed by atoms with van der Waals surface area (Å²) in [6, 6.07) is 14.9. The van der Waals surface area contributed by atoms with E-state index in [0.717, 1.165) is 16.9 Å². The van der Waals surface area contributed by atoms with Crippen molar-refractivity contribution in [2.24, 2.45) is 0 Å². The molecule has 1 atom stereocenters. The van der Waals surface area contributed by atoms with Crippen LogP contribution in [0.2, 0.25) is 0 Å². The molecule has 0 bridgehead atoms. The predicted molar refractivity (Wildman–Crippen MR) is 106 cm³/mol. The molecule has 28 heavy (non-hydrogen) atoms. The summed E-state index contributed by atoms with van der Waals surface area (Å²) in [5, 5.41) is 2.94. The Balaban J connectivity index is 1.46. The zero-order valence-corrected chi connectivity index (χ0v) is 15.9. The molecular formula is C22H24N2O4. The molecule has 2 amide bonds. The number of nitrogens with zero attached hydrogens (tertiary/aromatic N) is 1. The molecule has 1 saturated heterocycles. The van der Waals surface area contributed by atoms with Crippen LogP contribution in [0, 0.1) is 12.3 Å². The first-order valence-electron chi connectivity index (χ1n) is 9.14. The first-order chi connectivity index (χ1) is 13.7. The molecule has 1 N–H and O–H groups in total. The minimum absolute atomic E-state index is 0.113. The van der Waals surface area contributed by atoms with E-state index < -0.39 is 0 Å². The Bertz CT molecular complexity index is 829. The first-order valence-corrected chi connectivity index (χ1v) is 9.14. The Hall–Kier alpha value is -3.17. The molecule has 3 rings (SSSR count). The molecule has 1 fully saturated rings. The predicted octanol–water partition coefficient (Wildman–Crippen LogP) is 2.67. The molecule has 0 spiro atoms. The van der Waals surface area contributed by atoms with Gasteiger partial charge in [-0.3, -0.25) is 0 Å². The van der Waals surface area contributed by atoms with Gasteiger partial charge in [-0.2, -0.15) is 0 Å². The van der Waals surface area contributed by atoms with Crippen molar-refractivity contribution in [3.8, 4) is 23.8 Å². The van der Waals surface area contributed by atoms with E-state index >= 15 is 0 Å². The quantitative estimate of drug-likeness (QED) is 0.783. The van der Waals surface area contributed by atoms with Crippen LogP contribution in [0.3, 0.4) is 0 Å². The Kier molecular flexibility index (Phi) is 6.77. The largest absolute Gasteiger partial charge is 0.497 e. The van der Waals surface area contributed by atoms with Gasteiger partial charge in [-0.25, -0.2) is 4.79 Å². The van der Waals surface area contributed by atoms with Crippen LogP contribution in [0.1, 0.15) is 11.1 Å². The average molecular weight is 380 g/mol. The van der Waals surface area contributed by atoms with Crippen molar-refractivity contribution >= 4 is 6.03 Å². The molecule has 1 aliphatic heterocycles. The molecule has 146 valence electrons. The number of benzene rings is 2. The van der Waals surface area contributed by atoms with Gasteiger partial charge in [-0.15, -0.1) is 6.42 Å². The minimum atomic E-state index is -0.185. The average Bonchev–Trinajstić information content (AvgIpc) is 2.76. The Morgan fingerprint density at radius 1 is 1.29 bits per heavy atom. The van der Waals surface area contributed by atoms with Gasteiger partial charge < -0.3 is 24.4 Å². The lowest BCUT2D eigenvalue weighted by molar-refractivity contribution is -0.0352. The van der Waals surface area contributed by atoms with Gasteiger partial charge in [0.15, 0.2) is 0 Å². The molecule has 0 aromatic heterocycles. The van der Waals surface area contributed by atoms with Crippen LogP contribution in [0.25, 0.3) is 0 Å². The van der Waals surface area contributed by atoms with E-state index in [2.05, 4.69) is 11.2 Å². The highest BCUT2D eigenvalue weighted by atomic mass is 16.5. The third-order valence-corrected chi connectivity index (χ3v) is 4.47. The van der Waals surface area contributed by atoms with Gasteiger partial charge in [0.2, 0.25) is 0 Å². The van der Waals surface area contributed by atoms with Gasteiger partial charge in [0.1, 0.15) is 24.2 Å². The molecule has 1 unspecified atom stereocenters. The van der Waals surface area contributed by atoms with E-state index in [1.807, 2.05) is 48.5 Å². The van der Waals surface area contributed by atoms with Gasteiger partial charge >= 0.3 is 6.03 Å². The molecule has 0 aliphatic carbocycles. The highest BCUT2D eigenvalue weighted by Gasteiger charge is 2.24. The molecule has 2 aromatic carbocycles. The lowest BCUT2D eigenvalue weighted by Gasteiger charge is -2.32. The summed E-state index contributed by atoms with van der Waals surface area (Å²) < 4.78 is 16.6. The Labute approximate surface area is 165 Å². The number of carbonyl (C=O) groups excluding carboxylic acids is 1. The fourth-order valence-electron chi connectivity index (χ4n) is 2.90. The maximum absolute atomic E-state index is 12.5. The number of hydrogen-bond acceptors (Lipinski definition) is 4. The van der Waals surface area contributed by atoms with Crippen LogP contribution in [-0.4, -0.2) is 50.4 Å². The monoisotopic (exact) mass is 380 g/mol. The first kappa shape index (κ1) is 19.6. The van der Waals surface area contributed by atoms with Gasteiger partial charge in [0, 0.05) is 18.7 Å². The smallest absolute Gasteiger partial charge is 0.317 e. The van der Waals surface area contributed by atoms with Gasteiger partial charge in [-0.1, -0.05) is 24.1 Å². The molecule has 1 aliphatic rings. The zero-order chi connectivity index (χ0) is 19.8. The number of carbonyl (C=O) groups is 1. The number of rotatable bonds is 6. The summed E-state index contributed by atoms with van der Waals surface area (Å²) in [5.74, 6) is 4.07. The summed E-state index contributed by atoms with van der Waals surface area (Å²) in [4.78, 5) is 14.2. The molecule has 0 saturated carbocycles. The van der Waals surface area contributed by atoms with Crippen molar-refractivity contribution in [1.29, 1.82) is 0 Å². The van der Waals surface area contributed by atoms with Gasteiger partial charge in [0.05, 0.1) is 20.3 Å². The number of methoxy groups -OCH3 is 1. The van der Waals surface area contributed by atoms with Crippen molar-refractivity contribution in [1.82, 2.24) is 10.2 Å². The maximum Gasteiger partial charge on any atom is 0.317 e. The highest BCUT2D eigenvalue weighted by molar-refractivity contribution is 5.74. The number of hydrogen-bond donors (Lipinski definition) is 1. The second-order valence-electron chi connectivity index (χ2n) is 6.43. The molecule has 1 heterocycles. The van der Waals surface area contributed by atoms with E-state index in [0.29, 0.717) is 38.6 Å². The van der Waals surface area contributed by atoms with Gasteiger partial charge in [-0.05, 0) is 35.9 Å². The summed E-state index contributed by atoms with van der Waals surface area (Å²) in [6.45, 7) is 2.33. The lowest BCUT2D eigenvalue weighted by Crippen LogP contribution is -2.50. The van der Waals surface area contributed by atoms with E-state index in [9.17, 15) is 4.79 Å². The maximum atomic E-state index is 12.5. The van der Waals surface area contributed by atoms with Crippen LogP contribution in [0.15, 0.2) is 48.5 Å². The molecule has 0 radical (unpaired) electrons. The number of terminal acetylenes is 1. The normalized spacial score (nSPS) is 16.1. The van der Waals surface area contributed by atoms with Crippen LogP contribution < -0.4 is 14.8 Å².